The van der Waals surface area contributed by atoms with Crippen LogP contribution in [0.2, 0.25) is 0 Å². The van der Waals surface area contributed by atoms with Crippen LogP contribution in [0.5, 0.6) is 0 Å². The van der Waals surface area contributed by atoms with E-state index in [1.54, 1.807) is 0 Å². The molecule has 0 aliphatic rings. The summed E-state index contributed by atoms with van der Waals surface area (Å²) >= 11 is 0. The summed E-state index contributed by atoms with van der Waals surface area (Å²) in [5.41, 5.74) is 0. The monoisotopic (exact) mass is 714 g/mol. The van der Waals surface area contributed by atoms with E-state index < -0.39 is 20.0 Å². The van der Waals surface area contributed by atoms with Gasteiger partial charge in [-0.25, -0.2) is 4.57 Å². The average molecular weight is 714 g/mol. The number of amides is 1. The second kappa shape index (κ2) is 32.6. The van der Waals surface area contributed by atoms with Crippen molar-refractivity contribution in [1.29, 1.82) is 0 Å². The molecule has 0 radical (unpaired) electrons. The van der Waals surface area contributed by atoms with Crippen LogP contribution in [0.15, 0.2) is 36.5 Å². The number of rotatable bonds is 35. The molecule has 8 nitrogen and oxygen atoms in total. The zero-order chi connectivity index (χ0) is 36.5. The first-order chi connectivity index (χ1) is 23.5. The zero-order valence-electron chi connectivity index (χ0n) is 32.4. The van der Waals surface area contributed by atoms with Crippen LogP contribution in [0, 0.1) is 0 Å². The molecule has 0 bridgehead atoms. The molecular weight excluding hydrogens is 635 g/mol. The van der Waals surface area contributed by atoms with E-state index in [9.17, 15) is 19.4 Å². The Morgan fingerprint density at radius 2 is 1.16 bits per heavy atom. The normalized spacial score (nSPS) is 15.0. The lowest BCUT2D eigenvalue weighted by Gasteiger charge is -2.26. The molecule has 9 heteroatoms. The van der Waals surface area contributed by atoms with Crippen molar-refractivity contribution in [2.75, 3.05) is 40.9 Å². The molecule has 0 fully saturated rings. The number of phosphoric acid groups is 1. The van der Waals surface area contributed by atoms with E-state index in [1.165, 1.54) is 70.6 Å². The summed E-state index contributed by atoms with van der Waals surface area (Å²) in [5, 5.41) is 13.6. The lowest BCUT2D eigenvalue weighted by Crippen LogP contribution is -2.46. The maximum Gasteiger partial charge on any atom is 0.472 e. The Kier molecular flexibility index (Phi) is 31.8. The minimum atomic E-state index is -4.29. The number of hydrogen-bond acceptors (Lipinski definition) is 5. The fourth-order valence-electron chi connectivity index (χ4n) is 5.40. The molecule has 0 rings (SSSR count). The van der Waals surface area contributed by atoms with Crippen LogP contribution in [0.3, 0.4) is 0 Å². The third-order valence-electron chi connectivity index (χ3n) is 8.64. The van der Waals surface area contributed by atoms with Gasteiger partial charge in [0.1, 0.15) is 13.2 Å². The summed E-state index contributed by atoms with van der Waals surface area (Å²) in [7, 11) is 1.60. The topological polar surface area (TPSA) is 105 Å². The maximum atomic E-state index is 12.7. The Balaban J connectivity index is 4.08. The first-order valence-electron chi connectivity index (χ1n) is 19.9. The molecule has 0 spiro atoms. The second-order valence-electron chi connectivity index (χ2n) is 14.7. The van der Waals surface area contributed by atoms with Gasteiger partial charge < -0.3 is 19.8 Å². The third-order valence-corrected chi connectivity index (χ3v) is 9.63. The molecule has 49 heavy (non-hydrogen) atoms. The summed E-state index contributed by atoms with van der Waals surface area (Å²) in [4.78, 5) is 22.8. The van der Waals surface area contributed by atoms with Crippen molar-refractivity contribution in [1.82, 2.24) is 5.32 Å². The number of hydrogen-bond donors (Lipinski definition) is 3. The lowest BCUT2D eigenvalue weighted by atomic mass is 10.0. The van der Waals surface area contributed by atoms with E-state index >= 15 is 0 Å². The van der Waals surface area contributed by atoms with Crippen molar-refractivity contribution in [3.05, 3.63) is 36.5 Å². The summed E-state index contributed by atoms with van der Waals surface area (Å²) in [6, 6.07) is -0.759. The molecule has 0 aliphatic heterocycles. The average Bonchev–Trinajstić information content (AvgIpc) is 3.04. The third kappa shape index (κ3) is 34.9. The Morgan fingerprint density at radius 3 is 1.69 bits per heavy atom. The highest BCUT2D eigenvalue weighted by Crippen LogP contribution is 2.43. The number of likely N-dealkylation sites (N-methyl/N-ethyl adjacent to an activating group) is 1. The molecule has 0 saturated heterocycles. The zero-order valence-corrected chi connectivity index (χ0v) is 33.3. The van der Waals surface area contributed by atoms with Crippen LogP contribution in [-0.4, -0.2) is 73.4 Å². The van der Waals surface area contributed by atoms with Gasteiger partial charge in [-0.05, 0) is 51.4 Å². The van der Waals surface area contributed by atoms with Gasteiger partial charge in [-0.2, -0.15) is 0 Å². The fraction of sp³-hybridized carbons (Fsp3) is 0.825. The van der Waals surface area contributed by atoms with Crippen molar-refractivity contribution < 1.29 is 32.9 Å². The highest BCUT2D eigenvalue weighted by Gasteiger charge is 2.28. The molecule has 0 aromatic heterocycles. The highest BCUT2D eigenvalue weighted by molar-refractivity contribution is 7.47. The van der Waals surface area contributed by atoms with Gasteiger partial charge in [-0.3, -0.25) is 13.8 Å². The van der Waals surface area contributed by atoms with Gasteiger partial charge in [-0.15, -0.1) is 0 Å². The largest absolute Gasteiger partial charge is 0.472 e. The van der Waals surface area contributed by atoms with Crippen LogP contribution >= 0.6 is 7.82 Å². The Morgan fingerprint density at radius 1 is 0.694 bits per heavy atom. The number of carbonyl (C=O) groups excluding carboxylic acids is 1. The second-order valence-corrected chi connectivity index (χ2v) is 16.1. The van der Waals surface area contributed by atoms with Crippen molar-refractivity contribution in [2.24, 2.45) is 0 Å². The standard InChI is InChI=1S/C40H77N2O6P/c1-6-8-10-12-13-14-15-16-17-18-19-20-21-22-23-24-25-26-27-28-29-30-32-34-40(44)41-38(39(43)33-31-11-9-7-2)37-48-49(45,46)47-36-35-42(3,4)5/h15-16,18-19,21-22,38-39,43H,6-14,17,20,23-37H2,1-5H3,(H-,41,44,45,46)/p+1/b16-15-,19-18-,22-21-. The lowest BCUT2D eigenvalue weighted by molar-refractivity contribution is -0.870. The van der Waals surface area contributed by atoms with Gasteiger partial charge in [0.25, 0.3) is 0 Å². The molecule has 1 amide bonds. The van der Waals surface area contributed by atoms with E-state index in [4.69, 9.17) is 9.05 Å². The molecule has 3 N–H and O–H groups in total. The Hall–Kier alpha value is -1.28. The van der Waals surface area contributed by atoms with Crippen molar-refractivity contribution >= 4 is 13.7 Å². The number of carbonyl (C=O) groups is 1. The molecule has 3 atom stereocenters. The van der Waals surface area contributed by atoms with E-state index in [2.05, 4.69) is 55.6 Å². The van der Waals surface area contributed by atoms with Gasteiger partial charge in [0, 0.05) is 6.42 Å². The predicted molar refractivity (Wildman–Crippen MR) is 208 cm³/mol. The van der Waals surface area contributed by atoms with Gasteiger partial charge in [-0.1, -0.05) is 140 Å². The van der Waals surface area contributed by atoms with Crippen LogP contribution in [0.4, 0.5) is 0 Å². The van der Waals surface area contributed by atoms with Crippen molar-refractivity contribution in [3.8, 4) is 0 Å². The summed E-state index contributed by atoms with van der Waals surface area (Å²) < 4.78 is 23.3. The molecule has 288 valence electrons. The number of quaternary nitrogens is 1. The Bertz CT molecular complexity index is 902. The first-order valence-corrected chi connectivity index (χ1v) is 21.3. The molecule has 0 aromatic carbocycles. The molecule has 0 saturated carbocycles. The van der Waals surface area contributed by atoms with Gasteiger partial charge in [0.05, 0.1) is 39.9 Å². The molecule has 3 unspecified atom stereocenters. The van der Waals surface area contributed by atoms with Gasteiger partial charge >= 0.3 is 7.82 Å². The molecule has 0 aromatic rings. The van der Waals surface area contributed by atoms with Gasteiger partial charge in [0.2, 0.25) is 5.91 Å². The first kappa shape index (κ1) is 47.7. The number of aliphatic hydroxyl groups is 1. The summed E-state index contributed by atoms with van der Waals surface area (Å²) in [5.74, 6) is -0.163. The Labute approximate surface area is 302 Å². The van der Waals surface area contributed by atoms with Crippen LogP contribution in [0.25, 0.3) is 0 Å². The minimum Gasteiger partial charge on any atom is -0.391 e. The van der Waals surface area contributed by atoms with E-state index in [-0.39, 0.29) is 19.1 Å². The quantitative estimate of drug-likeness (QED) is 0.0261. The van der Waals surface area contributed by atoms with E-state index in [0.717, 1.165) is 64.2 Å². The van der Waals surface area contributed by atoms with E-state index in [1.807, 2.05) is 21.1 Å². The number of phosphoric ester groups is 1. The number of unbranched alkanes of at least 4 members (excludes halogenated alkanes) is 16. The van der Waals surface area contributed by atoms with Crippen LogP contribution < -0.4 is 5.32 Å². The SMILES string of the molecule is CCCCCCC/C=C\C/C=C\C/C=C\CCCCCCCCCCC(=O)NC(COP(=O)(O)OCC[N+](C)(C)C)C(O)CCCCCC. The van der Waals surface area contributed by atoms with E-state index in [0.29, 0.717) is 23.9 Å². The molecular formula is C40H78N2O6P+. The number of nitrogens with zero attached hydrogens (tertiary/aromatic N) is 1. The van der Waals surface area contributed by atoms with Crippen LogP contribution in [-0.2, 0) is 18.4 Å². The number of aliphatic hydroxyl groups excluding tert-OH is 1. The highest BCUT2D eigenvalue weighted by atomic mass is 31.2. The van der Waals surface area contributed by atoms with Gasteiger partial charge in [0.15, 0.2) is 0 Å². The summed E-state index contributed by atoms with van der Waals surface area (Å²) in [6.07, 6.45) is 38.0. The van der Waals surface area contributed by atoms with Crippen LogP contribution in [0.1, 0.15) is 162 Å². The number of allylic oxidation sites excluding steroid dienone is 6. The smallest absolute Gasteiger partial charge is 0.391 e. The minimum absolute atomic E-state index is 0.0706. The van der Waals surface area contributed by atoms with Crippen molar-refractivity contribution in [2.45, 2.75) is 174 Å². The fourth-order valence-corrected chi connectivity index (χ4v) is 6.14. The van der Waals surface area contributed by atoms with Crippen molar-refractivity contribution in [3.63, 3.8) is 0 Å². The number of nitrogens with one attached hydrogen (secondary N) is 1. The maximum absolute atomic E-state index is 12.7. The molecule has 0 heterocycles. The predicted octanol–water partition coefficient (Wildman–Crippen LogP) is 10.4. The molecule has 0 aliphatic carbocycles. The summed E-state index contributed by atoms with van der Waals surface area (Å²) in [6.45, 7) is 4.73.